The van der Waals surface area contributed by atoms with Gasteiger partial charge in [0.1, 0.15) is 10.7 Å². The molecule has 0 atom stereocenters. The molecule has 5 nitrogen and oxygen atoms in total. The van der Waals surface area contributed by atoms with Gasteiger partial charge in [0.25, 0.3) is 10.0 Å². The first kappa shape index (κ1) is 26.6. The van der Waals surface area contributed by atoms with Crippen LogP contribution in [0.4, 0.5) is 15.8 Å². The van der Waals surface area contributed by atoms with E-state index in [0.717, 1.165) is 20.5 Å². The number of hydrogen-bond donors (Lipinski definition) is 2. The van der Waals surface area contributed by atoms with Crippen molar-refractivity contribution in [2.75, 3.05) is 12.4 Å². The van der Waals surface area contributed by atoms with Crippen molar-refractivity contribution in [2.24, 2.45) is 0 Å². The molecule has 0 aliphatic carbocycles. The average Bonchev–Trinajstić information content (AvgIpc) is 3.13. The molecule has 4 aromatic rings. The van der Waals surface area contributed by atoms with Crippen LogP contribution in [-0.4, -0.2) is 19.4 Å². The van der Waals surface area contributed by atoms with Gasteiger partial charge in [0.15, 0.2) is 0 Å². The molecule has 0 fully saturated rings. The minimum Gasteiger partial charge on any atom is -0.353 e. The number of fused-ring (bicyclic) bond motifs is 1. The molecule has 2 N–H and O–H groups in total. The monoisotopic (exact) mass is 561 g/mol. The van der Waals surface area contributed by atoms with E-state index in [1.165, 1.54) is 24.4 Å². The van der Waals surface area contributed by atoms with Crippen molar-refractivity contribution < 1.29 is 12.8 Å². The Balaban J connectivity index is 0.00000324. The number of nitrogens with one attached hydrogen (secondary N) is 2. The molecule has 0 saturated carbocycles. The summed E-state index contributed by atoms with van der Waals surface area (Å²) in [5.74, 6) is -0.406. The fraction of sp³-hybridized carbons (Fsp3) is 0.130. The SMILES string of the molecule is CNCc1cn(S(=O)(=O)c2ccc(Cl)c(Cl)c2Cl)c2cc(Nc3ccc(C)cc3F)ccc12.Cl. The van der Waals surface area contributed by atoms with E-state index in [-0.39, 0.29) is 38.1 Å². The third-order valence-electron chi connectivity index (χ3n) is 5.16. The van der Waals surface area contributed by atoms with Gasteiger partial charge < -0.3 is 10.6 Å². The minimum atomic E-state index is -4.12. The normalized spacial score (nSPS) is 11.5. The Morgan fingerprint density at radius 3 is 2.41 bits per heavy atom. The zero-order valence-electron chi connectivity index (χ0n) is 18.0. The summed E-state index contributed by atoms with van der Waals surface area (Å²) in [6.07, 6.45) is 1.53. The lowest BCUT2D eigenvalue weighted by Crippen LogP contribution is -2.13. The number of hydrogen-bond acceptors (Lipinski definition) is 4. The molecule has 0 bridgehead atoms. The average molecular weight is 563 g/mol. The molecule has 0 aliphatic heterocycles. The van der Waals surface area contributed by atoms with Gasteiger partial charge in [0.2, 0.25) is 0 Å². The predicted octanol–water partition coefficient (Wildman–Crippen LogP) is 7.17. The van der Waals surface area contributed by atoms with E-state index in [2.05, 4.69) is 10.6 Å². The minimum absolute atomic E-state index is 0. The molecular formula is C23H20Cl4FN3O2S. The van der Waals surface area contributed by atoms with Crippen molar-refractivity contribution in [3.8, 4) is 0 Å². The topological polar surface area (TPSA) is 63.1 Å². The first-order valence-electron chi connectivity index (χ1n) is 9.84. The fourth-order valence-electron chi connectivity index (χ4n) is 3.56. The van der Waals surface area contributed by atoms with Gasteiger partial charge in [-0.05, 0) is 61.5 Å². The van der Waals surface area contributed by atoms with Crippen LogP contribution in [0.1, 0.15) is 11.1 Å². The van der Waals surface area contributed by atoms with Crippen molar-refractivity contribution >= 4 is 79.5 Å². The Morgan fingerprint density at radius 1 is 1.00 bits per heavy atom. The Labute approximate surface area is 218 Å². The second kappa shape index (κ2) is 10.3. The second-order valence-corrected chi connectivity index (χ2v) is 10.4. The van der Waals surface area contributed by atoms with E-state index in [0.29, 0.717) is 17.7 Å². The Morgan fingerprint density at radius 2 is 1.74 bits per heavy atom. The van der Waals surface area contributed by atoms with Crippen LogP contribution in [0.2, 0.25) is 15.1 Å². The summed E-state index contributed by atoms with van der Waals surface area (Å²) in [6, 6.07) is 12.8. The van der Waals surface area contributed by atoms with Gasteiger partial charge in [-0.15, -0.1) is 12.4 Å². The third kappa shape index (κ3) is 4.87. The van der Waals surface area contributed by atoms with Crippen LogP contribution in [0.3, 0.4) is 0 Å². The van der Waals surface area contributed by atoms with Crippen LogP contribution in [-0.2, 0) is 16.6 Å². The van der Waals surface area contributed by atoms with Gasteiger partial charge in [0.05, 0.1) is 26.3 Å². The molecule has 0 saturated heterocycles. The number of anilines is 2. The summed E-state index contributed by atoms with van der Waals surface area (Å²) >= 11 is 18.3. The lowest BCUT2D eigenvalue weighted by Gasteiger charge is -2.12. The summed E-state index contributed by atoms with van der Waals surface area (Å²) < 4.78 is 42.7. The van der Waals surface area contributed by atoms with Gasteiger partial charge >= 0.3 is 0 Å². The zero-order chi connectivity index (χ0) is 23.9. The highest BCUT2D eigenvalue weighted by atomic mass is 35.5. The van der Waals surface area contributed by atoms with Crippen LogP contribution in [0, 0.1) is 12.7 Å². The van der Waals surface area contributed by atoms with Crippen LogP contribution >= 0.6 is 47.2 Å². The highest BCUT2D eigenvalue weighted by molar-refractivity contribution is 7.90. The van der Waals surface area contributed by atoms with E-state index >= 15 is 0 Å². The Bertz CT molecular complexity index is 1490. The molecule has 1 aromatic heterocycles. The number of nitrogens with zero attached hydrogens (tertiary/aromatic N) is 1. The standard InChI is InChI=1S/C23H19Cl3FN3O2S.ClH/c1-13-3-7-19(18(27)9-13)29-15-4-5-16-14(11-28-2)12-30(20(16)10-15)33(31,32)21-8-6-17(24)22(25)23(21)26;/h3-10,12,28-29H,11H2,1-2H3;1H. The van der Waals surface area contributed by atoms with Crippen molar-refractivity contribution in [3.05, 3.63) is 86.7 Å². The zero-order valence-corrected chi connectivity index (χ0v) is 21.9. The third-order valence-corrected chi connectivity index (χ3v) is 8.28. The molecule has 0 radical (unpaired) electrons. The number of aryl methyl sites for hydroxylation is 1. The van der Waals surface area contributed by atoms with E-state index in [1.807, 2.05) is 0 Å². The first-order valence-corrected chi connectivity index (χ1v) is 12.4. The van der Waals surface area contributed by atoms with Crippen molar-refractivity contribution in [2.45, 2.75) is 18.4 Å². The van der Waals surface area contributed by atoms with E-state index in [1.54, 1.807) is 44.3 Å². The van der Waals surface area contributed by atoms with Gasteiger partial charge in [-0.2, -0.15) is 0 Å². The lowest BCUT2D eigenvalue weighted by atomic mass is 10.1. The van der Waals surface area contributed by atoms with Crippen LogP contribution < -0.4 is 10.6 Å². The molecule has 0 aliphatic rings. The van der Waals surface area contributed by atoms with E-state index in [4.69, 9.17) is 34.8 Å². The van der Waals surface area contributed by atoms with Crippen LogP contribution in [0.15, 0.2) is 59.6 Å². The first-order chi connectivity index (χ1) is 15.6. The van der Waals surface area contributed by atoms with Gasteiger partial charge in [-0.3, -0.25) is 0 Å². The summed E-state index contributed by atoms with van der Waals surface area (Å²) in [7, 11) is -2.36. The Hall–Kier alpha value is -2.00. The molecule has 3 aromatic carbocycles. The largest absolute Gasteiger partial charge is 0.353 e. The molecule has 0 unspecified atom stereocenters. The summed E-state index contributed by atoms with van der Waals surface area (Å²) in [6.45, 7) is 2.24. The summed E-state index contributed by atoms with van der Waals surface area (Å²) in [4.78, 5) is -0.172. The molecule has 4 rings (SSSR count). The molecule has 1 heterocycles. The summed E-state index contributed by atoms with van der Waals surface area (Å²) in [5, 5.41) is 6.73. The number of aromatic nitrogens is 1. The highest BCUT2D eigenvalue weighted by Crippen LogP contribution is 2.37. The second-order valence-electron chi connectivity index (χ2n) is 7.50. The summed E-state index contributed by atoms with van der Waals surface area (Å²) in [5.41, 5.74) is 2.77. The van der Waals surface area contributed by atoms with Crippen LogP contribution in [0.25, 0.3) is 10.9 Å². The number of rotatable bonds is 6. The lowest BCUT2D eigenvalue weighted by molar-refractivity contribution is 0.589. The van der Waals surface area contributed by atoms with Crippen molar-refractivity contribution in [3.63, 3.8) is 0 Å². The maximum Gasteiger partial charge on any atom is 0.269 e. The van der Waals surface area contributed by atoms with Gasteiger partial charge in [-0.1, -0.05) is 46.9 Å². The fourth-order valence-corrected chi connectivity index (χ4v) is 5.90. The van der Waals surface area contributed by atoms with E-state index < -0.39 is 15.8 Å². The van der Waals surface area contributed by atoms with Crippen LogP contribution in [0.5, 0.6) is 0 Å². The van der Waals surface area contributed by atoms with Crippen molar-refractivity contribution in [1.82, 2.24) is 9.29 Å². The highest BCUT2D eigenvalue weighted by Gasteiger charge is 2.26. The Kier molecular flexibility index (Phi) is 8.07. The smallest absolute Gasteiger partial charge is 0.269 e. The molecule has 0 amide bonds. The molecule has 34 heavy (non-hydrogen) atoms. The van der Waals surface area contributed by atoms with Crippen molar-refractivity contribution in [1.29, 1.82) is 0 Å². The van der Waals surface area contributed by atoms with Gasteiger partial charge in [0, 0.05) is 23.8 Å². The number of halogens is 5. The maximum absolute atomic E-state index is 14.3. The number of benzene rings is 3. The molecule has 0 spiro atoms. The maximum atomic E-state index is 14.3. The molecule has 180 valence electrons. The predicted molar refractivity (Wildman–Crippen MR) is 140 cm³/mol. The molecule has 11 heteroatoms. The van der Waals surface area contributed by atoms with E-state index in [9.17, 15) is 12.8 Å². The van der Waals surface area contributed by atoms with Gasteiger partial charge in [-0.25, -0.2) is 16.8 Å². The quantitative estimate of drug-likeness (QED) is 0.244. The molecular weight excluding hydrogens is 543 g/mol.